The fourth-order valence-electron chi connectivity index (χ4n) is 8.40. The number of aliphatic hydroxyl groups is 2. The molecule has 2 aliphatic carbocycles. The van der Waals surface area contributed by atoms with E-state index < -0.39 is 116 Å². The van der Waals surface area contributed by atoms with E-state index in [4.69, 9.17) is 0 Å². The van der Waals surface area contributed by atoms with Crippen LogP contribution in [0.5, 0.6) is 0 Å². The Hall–Kier alpha value is -6.82. The van der Waals surface area contributed by atoms with Crippen LogP contribution in [0.1, 0.15) is 67.5 Å². The predicted molar refractivity (Wildman–Crippen MR) is 218 cm³/mol. The number of nitrogens with one attached hydrogen (secondary N) is 2. The van der Waals surface area contributed by atoms with Gasteiger partial charge in [-0.05, 0) is 88.1 Å². The average molecular weight is 987 g/mol. The zero-order chi connectivity index (χ0) is 50.8. The predicted octanol–water partition coefficient (Wildman–Crippen LogP) is 8.93. The van der Waals surface area contributed by atoms with E-state index in [1.54, 1.807) is 0 Å². The summed E-state index contributed by atoms with van der Waals surface area (Å²) in [6.45, 7) is 2.93. The van der Waals surface area contributed by atoms with Gasteiger partial charge in [0.1, 0.15) is 11.6 Å². The van der Waals surface area contributed by atoms with Crippen LogP contribution in [0.4, 0.5) is 64.1 Å². The van der Waals surface area contributed by atoms with Gasteiger partial charge in [0.05, 0.1) is 22.2 Å². The van der Waals surface area contributed by atoms with E-state index in [-0.39, 0.29) is 82.1 Å². The summed E-state index contributed by atoms with van der Waals surface area (Å²) in [6, 6.07) is 8.67. The van der Waals surface area contributed by atoms with E-state index in [0.717, 1.165) is 12.1 Å². The van der Waals surface area contributed by atoms with Crippen LogP contribution < -0.4 is 21.9 Å². The second-order valence-corrected chi connectivity index (χ2v) is 17.0. The standard InChI is InChI=1S/C23H18F6N2O4.C22H16F6N2O4/c1-11-15-9-13(3-4-14(15)19(32)35-31-11)30-20(33)22(34,23(27,28)29)10-21(5-2-6-21)16-7-12(24)8-17(25)18(16)26;1-10-14-8-12(2-3-13(14)18(31)34-30-10)29-19(32)21(33,22(26,27)28)9-20(4-5-20)15-6-11(23)7-16(24)17(15)25/h3-4,7-9,34H,2,5-6,10H2,1H3,(H,30,33);2-3,6-8,33H,4-5,9H2,1H3,(H,29,32). The van der Waals surface area contributed by atoms with Crippen molar-refractivity contribution in [3.05, 3.63) is 139 Å². The molecule has 2 unspecified atom stereocenters. The molecule has 0 saturated heterocycles. The van der Waals surface area contributed by atoms with Gasteiger partial charge in [0.25, 0.3) is 11.8 Å². The summed E-state index contributed by atoms with van der Waals surface area (Å²) < 4.78 is 177. The minimum atomic E-state index is -5.52. The molecule has 4 aromatic carbocycles. The highest BCUT2D eigenvalue weighted by Crippen LogP contribution is 2.57. The Bertz CT molecular complexity index is 3170. The Kier molecular flexibility index (Phi) is 12.8. The highest BCUT2D eigenvalue weighted by Gasteiger charge is 2.66. The number of carbonyl (C=O) groups excluding carboxylic acids is 2. The maximum atomic E-state index is 14.5. The Morgan fingerprint density at radius 1 is 0.580 bits per heavy atom. The topological polar surface area (TPSA) is 185 Å². The maximum Gasteiger partial charge on any atom is 0.426 e. The minimum absolute atomic E-state index is 0.0668. The molecule has 8 rings (SSSR count). The number of nitrogens with zero attached hydrogens (tertiary/aromatic N) is 2. The van der Waals surface area contributed by atoms with Crippen LogP contribution in [0.15, 0.2) is 79.3 Å². The first-order valence-electron chi connectivity index (χ1n) is 20.4. The average Bonchev–Trinajstić information content (AvgIpc) is 4.03. The van der Waals surface area contributed by atoms with Crippen LogP contribution in [0.25, 0.3) is 21.5 Å². The van der Waals surface area contributed by atoms with Gasteiger partial charge in [0, 0.05) is 69.1 Å². The van der Waals surface area contributed by atoms with Gasteiger partial charge >= 0.3 is 23.6 Å². The van der Waals surface area contributed by atoms with Gasteiger partial charge in [0.2, 0.25) is 11.2 Å². The van der Waals surface area contributed by atoms with Gasteiger partial charge < -0.3 is 29.9 Å². The fourth-order valence-corrected chi connectivity index (χ4v) is 8.40. The molecule has 0 spiro atoms. The zero-order valence-corrected chi connectivity index (χ0v) is 35.5. The van der Waals surface area contributed by atoms with E-state index in [1.165, 1.54) is 38.1 Å². The molecule has 2 aromatic heterocycles. The van der Waals surface area contributed by atoms with Crippen LogP contribution >= 0.6 is 0 Å². The lowest BCUT2D eigenvalue weighted by atomic mass is 9.59. The van der Waals surface area contributed by atoms with Crippen LogP contribution in [0.3, 0.4) is 0 Å². The third-order valence-corrected chi connectivity index (χ3v) is 12.5. The fraction of sp³-hybridized carbons (Fsp3) is 0.333. The molecule has 12 nitrogen and oxygen atoms in total. The van der Waals surface area contributed by atoms with Crippen LogP contribution in [0.2, 0.25) is 0 Å². The van der Waals surface area contributed by atoms with Crippen molar-refractivity contribution < 1.29 is 81.5 Å². The van der Waals surface area contributed by atoms with E-state index in [2.05, 4.69) is 19.4 Å². The molecule has 2 atom stereocenters. The molecule has 6 aromatic rings. The normalized spacial score (nSPS) is 16.9. The van der Waals surface area contributed by atoms with E-state index in [1.807, 2.05) is 10.6 Å². The van der Waals surface area contributed by atoms with Crippen molar-refractivity contribution in [1.29, 1.82) is 0 Å². The largest absolute Gasteiger partial charge is 0.426 e. The number of fused-ring (bicyclic) bond motifs is 2. The number of hydrogen-bond acceptors (Lipinski definition) is 10. The second-order valence-electron chi connectivity index (χ2n) is 17.0. The van der Waals surface area contributed by atoms with Crippen LogP contribution in [-0.4, -0.2) is 55.9 Å². The molecule has 4 N–H and O–H groups in total. The number of benzene rings is 4. The Labute approximate surface area is 378 Å². The number of anilines is 2. The number of aryl methyl sites for hydroxylation is 2. The molecule has 366 valence electrons. The molecule has 0 bridgehead atoms. The molecule has 2 fully saturated rings. The van der Waals surface area contributed by atoms with Crippen molar-refractivity contribution in [2.75, 3.05) is 10.6 Å². The number of alkyl halides is 6. The lowest BCUT2D eigenvalue weighted by molar-refractivity contribution is -0.257. The number of halogens is 12. The molecule has 2 heterocycles. The number of hydrogen-bond donors (Lipinski definition) is 4. The first kappa shape index (κ1) is 50.1. The Morgan fingerprint density at radius 3 is 1.26 bits per heavy atom. The van der Waals surface area contributed by atoms with Gasteiger partial charge in [-0.25, -0.2) is 35.9 Å². The molecule has 0 aliphatic heterocycles. The second kappa shape index (κ2) is 17.6. The van der Waals surface area contributed by atoms with Gasteiger partial charge in [0.15, 0.2) is 23.3 Å². The van der Waals surface area contributed by atoms with Gasteiger partial charge in [-0.3, -0.25) is 9.59 Å². The summed E-state index contributed by atoms with van der Waals surface area (Å²) in [6.07, 6.45) is -14.0. The number of rotatable bonds is 10. The lowest BCUT2D eigenvalue weighted by Crippen LogP contribution is -2.59. The van der Waals surface area contributed by atoms with E-state index in [9.17, 15) is 82.1 Å². The summed E-state index contributed by atoms with van der Waals surface area (Å²) in [5.74, 6) is -12.4. The van der Waals surface area contributed by atoms with Gasteiger partial charge in [-0.15, -0.1) is 0 Å². The molecule has 69 heavy (non-hydrogen) atoms. The number of aromatic nitrogens is 2. The van der Waals surface area contributed by atoms with E-state index in [0.29, 0.717) is 18.6 Å². The summed E-state index contributed by atoms with van der Waals surface area (Å²) in [7, 11) is 0. The third kappa shape index (κ3) is 9.25. The van der Waals surface area contributed by atoms with Gasteiger partial charge in [-0.1, -0.05) is 16.7 Å². The van der Waals surface area contributed by atoms with Gasteiger partial charge in [-0.2, -0.15) is 26.3 Å². The maximum absolute atomic E-state index is 14.5. The highest BCUT2D eigenvalue weighted by atomic mass is 19.4. The molecular formula is C45H34F12N4O8. The van der Waals surface area contributed by atoms with Crippen molar-refractivity contribution in [3.8, 4) is 0 Å². The summed E-state index contributed by atoms with van der Waals surface area (Å²) >= 11 is 0. The van der Waals surface area contributed by atoms with E-state index >= 15 is 0 Å². The van der Waals surface area contributed by atoms with Crippen LogP contribution in [-0.2, 0) is 20.4 Å². The molecular weight excluding hydrogens is 952 g/mol. The van der Waals surface area contributed by atoms with Crippen LogP contribution in [0, 0.1) is 48.8 Å². The number of carbonyl (C=O) groups is 2. The Balaban J connectivity index is 0.000000204. The molecule has 2 saturated carbocycles. The van der Waals surface area contributed by atoms with Crippen molar-refractivity contribution in [2.45, 2.75) is 93.2 Å². The van der Waals surface area contributed by atoms with Crippen molar-refractivity contribution >= 4 is 44.7 Å². The quantitative estimate of drug-likeness (QED) is 0.0764. The number of amides is 2. The summed E-state index contributed by atoms with van der Waals surface area (Å²) in [5.41, 5.74) is -14.6. The first-order chi connectivity index (χ1) is 32.0. The summed E-state index contributed by atoms with van der Waals surface area (Å²) in [5, 5.41) is 32.7. The molecule has 2 aliphatic rings. The zero-order valence-electron chi connectivity index (χ0n) is 35.5. The lowest BCUT2D eigenvalue weighted by Gasteiger charge is -2.47. The third-order valence-electron chi connectivity index (χ3n) is 12.5. The SMILES string of the molecule is Cc1noc(=O)c2ccc(NC(=O)C(O)(CC3(c4cc(F)cc(F)c4F)CC3)C(F)(F)F)cc12.Cc1noc(=O)c2ccc(NC(=O)C(O)(CC3(c4cc(F)cc(F)c4F)CCC3)C(F)(F)F)cc12. The van der Waals surface area contributed by atoms with Crippen molar-refractivity contribution in [3.63, 3.8) is 0 Å². The smallest absolute Gasteiger partial charge is 0.373 e. The van der Waals surface area contributed by atoms with Crippen molar-refractivity contribution in [1.82, 2.24) is 10.3 Å². The molecule has 0 radical (unpaired) electrons. The molecule has 2 amide bonds. The minimum Gasteiger partial charge on any atom is -0.373 e. The Morgan fingerprint density at radius 2 is 0.942 bits per heavy atom. The highest BCUT2D eigenvalue weighted by molar-refractivity contribution is 6.01. The first-order valence-corrected chi connectivity index (χ1v) is 20.4. The molecule has 24 heteroatoms. The summed E-state index contributed by atoms with van der Waals surface area (Å²) in [4.78, 5) is 49.0. The monoisotopic (exact) mass is 986 g/mol. The van der Waals surface area contributed by atoms with Crippen molar-refractivity contribution in [2.24, 2.45) is 0 Å².